The maximum absolute atomic E-state index is 13.0. The molecule has 0 bridgehead atoms. The van der Waals surface area contributed by atoms with Gasteiger partial charge < -0.3 is 0 Å². The predicted octanol–water partition coefficient (Wildman–Crippen LogP) is 2.92. The quantitative estimate of drug-likeness (QED) is 0.277. The van der Waals surface area contributed by atoms with Crippen LogP contribution in [0.25, 0.3) is 0 Å². The number of nitro groups is 2. The summed E-state index contributed by atoms with van der Waals surface area (Å²) in [4.78, 5) is 19.1. The zero-order valence-electron chi connectivity index (χ0n) is 14.4. The fourth-order valence-electron chi connectivity index (χ4n) is 1.95. The number of non-ortho nitro benzene ring substituents is 2. The molecule has 0 aliphatic rings. The summed E-state index contributed by atoms with van der Waals surface area (Å²) in [7, 11) is -3.43. The van der Waals surface area contributed by atoms with E-state index < -0.39 is 63.4 Å². The summed E-state index contributed by atoms with van der Waals surface area (Å²) in [6, 6.07) is 5.06. The van der Waals surface area contributed by atoms with Crippen molar-refractivity contribution >= 4 is 41.2 Å². The van der Waals surface area contributed by atoms with E-state index in [2.05, 4.69) is 0 Å². The third-order valence-electron chi connectivity index (χ3n) is 3.15. The van der Waals surface area contributed by atoms with E-state index >= 15 is 0 Å². The highest BCUT2D eigenvalue weighted by Crippen LogP contribution is 2.20. The van der Waals surface area contributed by atoms with Crippen LogP contribution >= 0.6 is 10.7 Å². The van der Waals surface area contributed by atoms with Crippen LogP contribution in [0.3, 0.4) is 0 Å². The van der Waals surface area contributed by atoms with Crippen molar-refractivity contribution in [2.24, 2.45) is 0 Å². The molecule has 2 aromatic rings. The van der Waals surface area contributed by atoms with Crippen molar-refractivity contribution in [2.45, 2.75) is 11.5 Å². The van der Waals surface area contributed by atoms with E-state index in [0.29, 0.717) is 0 Å². The molecular weight excluding hydrogens is 478 g/mol. The van der Waals surface area contributed by atoms with Crippen LogP contribution in [0.5, 0.6) is 0 Å². The van der Waals surface area contributed by atoms with Crippen molar-refractivity contribution in [3.8, 4) is 0 Å². The second kappa shape index (κ2) is 9.84. The Morgan fingerprint density at radius 1 is 0.833 bits per heavy atom. The standard InChI is InChI=1S/C7H5ClFNO4S.C7H6FNO5S/c8-15(13,14)4-5-3-6(10(11)12)1-2-7(5)9;8-7-2-1-6(9(10)11)3-5(7)4-15(12,13)14/h1-3H,4H2;1-3H,4H2,(H,12,13,14). The lowest BCUT2D eigenvalue weighted by Gasteiger charge is -2.00. The third kappa shape index (κ3) is 8.73. The molecule has 0 aromatic heterocycles. The number of halogens is 3. The molecule has 0 atom stereocenters. The first-order valence-electron chi connectivity index (χ1n) is 7.32. The van der Waals surface area contributed by atoms with E-state index in [-0.39, 0.29) is 11.3 Å². The van der Waals surface area contributed by atoms with Crippen molar-refractivity contribution in [3.05, 3.63) is 79.4 Å². The summed E-state index contributed by atoms with van der Waals surface area (Å²) in [5.41, 5.74) is -1.58. The number of hydrogen-bond donors (Lipinski definition) is 1. The third-order valence-corrected chi connectivity index (χ3v) is 4.80. The molecule has 0 amide bonds. The van der Waals surface area contributed by atoms with Gasteiger partial charge in [0.2, 0.25) is 9.05 Å². The van der Waals surface area contributed by atoms with Crippen molar-refractivity contribution in [1.82, 2.24) is 0 Å². The van der Waals surface area contributed by atoms with Crippen LogP contribution in [0.15, 0.2) is 36.4 Å². The molecule has 11 nitrogen and oxygen atoms in total. The average molecular weight is 489 g/mol. The van der Waals surface area contributed by atoms with Gasteiger partial charge in [0.05, 0.1) is 15.6 Å². The van der Waals surface area contributed by atoms with Crippen molar-refractivity contribution in [1.29, 1.82) is 0 Å². The highest BCUT2D eigenvalue weighted by Gasteiger charge is 2.16. The fraction of sp³-hybridized carbons (Fsp3) is 0.143. The van der Waals surface area contributed by atoms with Gasteiger partial charge in [0, 0.05) is 46.1 Å². The van der Waals surface area contributed by atoms with Gasteiger partial charge in [-0.2, -0.15) is 8.42 Å². The van der Waals surface area contributed by atoms with E-state index in [9.17, 15) is 45.8 Å². The minimum absolute atomic E-state index is 0.320. The summed E-state index contributed by atoms with van der Waals surface area (Å²) in [5, 5.41) is 20.6. The molecule has 0 unspecified atom stereocenters. The van der Waals surface area contributed by atoms with Crippen LogP contribution in [0, 0.1) is 31.9 Å². The molecule has 0 aliphatic carbocycles. The number of benzene rings is 2. The van der Waals surface area contributed by atoms with Gasteiger partial charge in [-0.05, 0) is 12.1 Å². The Morgan fingerprint density at radius 2 is 1.20 bits per heavy atom. The molecule has 0 fully saturated rings. The molecule has 0 saturated carbocycles. The van der Waals surface area contributed by atoms with Gasteiger partial charge in [0.15, 0.2) is 0 Å². The first-order valence-corrected chi connectivity index (χ1v) is 11.4. The zero-order chi connectivity index (χ0) is 23.3. The smallest absolute Gasteiger partial charge is 0.269 e. The number of rotatable bonds is 6. The van der Waals surface area contributed by atoms with Gasteiger partial charge >= 0.3 is 0 Å². The maximum atomic E-state index is 13.0. The van der Waals surface area contributed by atoms with Gasteiger partial charge in [-0.3, -0.25) is 24.8 Å². The van der Waals surface area contributed by atoms with Crippen molar-refractivity contribution < 1.29 is 40.0 Å². The Morgan fingerprint density at radius 3 is 1.50 bits per heavy atom. The first kappa shape index (κ1) is 25.3. The molecule has 164 valence electrons. The Hall–Kier alpha value is -2.75. The first-order chi connectivity index (χ1) is 13.6. The summed E-state index contributed by atoms with van der Waals surface area (Å²) >= 11 is 0. The Bertz CT molecular complexity index is 1090. The molecule has 0 heterocycles. The fourth-order valence-corrected chi connectivity index (χ4v) is 3.51. The molecule has 0 radical (unpaired) electrons. The highest BCUT2D eigenvalue weighted by molar-refractivity contribution is 8.13. The van der Waals surface area contributed by atoms with Crippen LogP contribution in [-0.4, -0.2) is 31.2 Å². The molecule has 0 saturated heterocycles. The molecule has 1 N–H and O–H groups in total. The van der Waals surface area contributed by atoms with E-state index in [1.807, 2.05) is 0 Å². The molecular formula is C14H11ClF2N2O9S2. The molecule has 2 rings (SSSR count). The lowest BCUT2D eigenvalue weighted by Crippen LogP contribution is -2.04. The summed E-state index contributed by atoms with van der Waals surface area (Å²) in [5.74, 6) is -3.52. The van der Waals surface area contributed by atoms with Gasteiger partial charge in [0.25, 0.3) is 21.5 Å². The minimum atomic E-state index is -4.40. The lowest BCUT2D eigenvalue weighted by molar-refractivity contribution is -0.385. The van der Waals surface area contributed by atoms with Crippen LogP contribution in [-0.2, 0) is 30.7 Å². The van der Waals surface area contributed by atoms with Gasteiger partial charge in [0.1, 0.15) is 17.4 Å². The minimum Gasteiger partial charge on any atom is -0.285 e. The zero-order valence-corrected chi connectivity index (χ0v) is 16.8. The van der Waals surface area contributed by atoms with E-state index in [0.717, 1.165) is 36.4 Å². The van der Waals surface area contributed by atoms with E-state index in [1.165, 1.54) is 0 Å². The largest absolute Gasteiger partial charge is 0.285 e. The molecule has 30 heavy (non-hydrogen) atoms. The Kier molecular flexibility index (Phi) is 8.29. The molecule has 16 heteroatoms. The molecule has 2 aromatic carbocycles. The second-order valence-corrected chi connectivity index (χ2v) is 9.70. The van der Waals surface area contributed by atoms with Crippen LogP contribution < -0.4 is 0 Å². The summed E-state index contributed by atoms with van der Waals surface area (Å²) in [6.07, 6.45) is 0. The second-order valence-electron chi connectivity index (χ2n) is 5.48. The van der Waals surface area contributed by atoms with Crippen LogP contribution in [0.1, 0.15) is 11.1 Å². The van der Waals surface area contributed by atoms with E-state index in [4.69, 9.17) is 15.2 Å². The summed E-state index contributed by atoms with van der Waals surface area (Å²) in [6.45, 7) is 0. The van der Waals surface area contributed by atoms with Crippen molar-refractivity contribution in [2.75, 3.05) is 0 Å². The van der Waals surface area contributed by atoms with Gasteiger partial charge in [-0.1, -0.05) is 0 Å². The summed E-state index contributed by atoms with van der Waals surface area (Å²) < 4.78 is 76.7. The van der Waals surface area contributed by atoms with Gasteiger partial charge in [-0.25, -0.2) is 17.2 Å². The highest BCUT2D eigenvalue weighted by atomic mass is 35.7. The van der Waals surface area contributed by atoms with Crippen LogP contribution in [0.2, 0.25) is 0 Å². The normalized spacial score (nSPS) is 11.3. The van der Waals surface area contributed by atoms with E-state index in [1.54, 1.807) is 0 Å². The molecule has 0 spiro atoms. The average Bonchev–Trinajstić information content (AvgIpc) is 2.56. The topological polar surface area (TPSA) is 175 Å². The van der Waals surface area contributed by atoms with Crippen LogP contribution in [0.4, 0.5) is 20.2 Å². The number of hydrogen-bond acceptors (Lipinski definition) is 8. The Balaban J connectivity index is 0.000000300. The lowest BCUT2D eigenvalue weighted by atomic mass is 10.2. The van der Waals surface area contributed by atoms with Gasteiger partial charge in [-0.15, -0.1) is 0 Å². The molecule has 0 aliphatic heterocycles. The monoisotopic (exact) mass is 488 g/mol. The number of nitrogens with zero attached hydrogens (tertiary/aromatic N) is 2. The Labute approximate surface area is 172 Å². The predicted molar refractivity (Wildman–Crippen MR) is 99.8 cm³/mol. The SMILES string of the molecule is O=[N+]([O-])c1ccc(F)c(CS(=O)(=O)Cl)c1.O=[N+]([O-])c1ccc(F)c(CS(=O)(=O)O)c1. The number of nitro benzene ring substituents is 2. The van der Waals surface area contributed by atoms with Crippen molar-refractivity contribution in [3.63, 3.8) is 0 Å². The maximum Gasteiger partial charge on any atom is 0.269 e.